The van der Waals surface area contributed by atoms with Gasteiger partial charge in [-0.1, -0.05) is 42.1 Å². The Hall–Kier alpha value is -5.47. The predicted molar refractivity (Wildman–Crippen MR) is 167 cm³/mol. The van der Waals surface area contributed by atoms with Crippen molar-refractivity contribution in [2.24, 2.45) is 7.05 Å². The summed E-state index contributed by atoms with van der Waals surface area (Å²) in [6.45, 7) is 4.04. The highest BCUT2D eigenvalue weighted by Crippen LogP contribution is 2.30. The number of aromatic amines is 2. The Balaban J connectivity index is 1.57. The van der Waals surface area contributed by atoms with E-state index in [1.807, 2.05) is 98.6 Å². The van der Waals surface area contributed by atoms with Crippen LogP contribution in [0, 0.1) is 25.7 Å². The molecule has 0 radical (unpaired) electrons. The molecule has 4 aromatic heterocycles. The fourth-order valence-corrected chi connectivity index (χ4v) is 5.06. The van der Waals surface area contributed by atoms with Gasteiger partial charge in [-0.05, 0) is 79.1 Å². The second-order valence-electron chi connectivity index (χ2n) is 10.1. The van der Waals surface area contributed by atoms with Gasteiger partial charge in [-0.2, -0.15) is 0 Å². The molecule has 0 aliphatic carbocycles. The normalized spacial score (nSPS) is 12.9. The van der Waals surface area contributed by atoms with Crippen molar-refractivity contribution in [3.63, 3.8) is 0 Å². The minimum atomic E-state index is 0.124. The number of H-pyrrole nitrogens is 2. The van der Waals surface area contributed by atoms with Crippen LogP contribution in [-0.2, 0) is 7.05 Å². The lowest BCUT2D eigenvalue weighted by atomic mass is 10.1. The second-order valence-corrected chi connectivity index (χ2v) is 10.1. The van der Waals surface area contributed by atoms with Crippen LogP contribution in [0.15, 0.2) is 79.1 Å². The van der Waals surface area contributed by atoms with Gasteiger partial charge in [-0.15, -0.1) is 0 Å². The minimum absolute atomic E-state index is 0.124. The number of hydrogen-bond donors (Lipinski definition) is 2. The van der Waals surface area contributed by atoms with Gasteiger partial charge in [0.25, 0.3) is 0 Å². The van der Waals surface area contributed by atoms with E-state index in [0.29, 0.717) is 11.1 Å². The molecule has 1 aromatic carbocycles. The number of aromatic nitrogens is 5. The van der Waals surface area contributed by atoms with Gasteiger partial charge >= 0.3 is 0 Å². The lowest BCUT2D eigenvalue weighted by molar-refractivity contribution is -0.671. The first-order chi connectivity index (χ1) is 21.2. The van der Waals surface area contributed by atoms with Crippen LogP contribution >= 0.6 is 0 Å². The van der Waals surface area contributed by atoms with Gasteiger partial charge in [0.1, 0.15) is 7.05 Å². The summed E-state index contributed by atoms with van der Waals surface area (Å²) in [5, 5.41) is 0. The van der Waals surface area contributed by atoms with Crippen LogP contribution in [0.25, 0.3) is 57.5 Å². The number of pyridine rings is 1. The van der Waals surface area contributed by atoms with Gasteiger partial charge in [-0.3, -0.25) is 0 Å². The third-order valence-corrected chi connectivity index (χ3v) is 7.44. The van der Waals surface area contributed by atoms with Gasteiger partial charge < -0.3 is 9.97 Å². The fourth-order valence-electron chi connectivity index (χ4n) is 5.06. The van der Waals surface area contributed by atoms with Crippen molar-refractivity contribution < 1.29 is 8.68 Å². The van der Waals surface area contributed by atoms with Crippen molar-refractivity contribution in [2.75, 3.05) is 0 Å². The maximum atomic E-state index is 8.71. The molecule has 41 heavy (non-hydrogen) atoms. The molecule has 2 aliphatic rings. The summed E-state index contributed by atoms with van der Waals surface area (Å²) in [6, 6.07) is 15.2. The van der Waals surface area contributed by atoms with Crippen molar-refractivity contribution in [1.82, 2.24) is 19.9 Å². The first-order valence-electron chi connectivity index (χ1n) is 14.9. The fraction of sp³-hybridized carbons (Fsp3) is 0.0833. The van der Waals surface area contributed by atoms with Gasteiger partial charge in [0, 0.05) is 45.3 Å². The van der Waals surface area contributed by atoms with Crippen LogP contribution in [-0.4, -0.2) is 19.9 Å². The Morgan fingerprint density at radius 1 is 0.683 bits per heavy atom. The zero-order chi connectivity index (χ0) is 30.5. The third kappa shape index (κ3) is 4.56. The van der Waals surface area contributed by atoms with Crippen molar-refractivity contribution in [3.8, 4) is 23.0 Å². The zero-order valence-corrected chi connectivity index (χ0v) is 22.9. The summed E-state index contributed by atoms with van der Waals surface area (Å²) in [6.07, 6.45) is 11.9. The van der Waals surface area contributed by atoms with E-state index in [1.165, 1.54) is 12.1 Å². The van der Waals surface area contributed by atoms with Crippen LogP contribution in [0.5, 0.6) is 0 Å². The number of aryl methyl sites for hydroxylation is 3. The van der Waals surface area contributed by atoms with Crippen molar-refractivity contribution >= 4 is 46.4 Å². The number of nitrogens with zero attached hydrogens (tertiary/aromatic N) is 3. The molecule has 5 aromatic rings. The minimum Gasteiger partial charge on any atom is -0.355 e. The van der Waals surface area contributed by atoms with Gasteiger partial charge in [0.05, 0.1) is 32.5 Å². The first kappa shape index (κ1) is 21.4. The molecule has 196 valence electrons. The SMILES string of the molecule is [2H]c1cc([2H])c(-c2c3ccc([nH]3)c(C)c3nc(c(C#Cc4cc[n+](C)cc4)c4nc(c(C)c5ccc2[nH]5)C=C4)C=C3)c([2H])c1. The maximum Gasteiger partial charge on any atom is 0.169 e. The van der Waals surface area contributed by atoms with Crippen molar-refractivity contribution in [2.45, 2.75) is 13.8 Å². The largest absolute Gasteiger partial charge is 0.355 e. The Bertz CT molecular complexity index is 2170. The molecular formula is C36H28N5+. The van der Waals surface area contributed by atoms with E-state index in [2.05, 4.69) is 21.8 Å². The van der Waals surface area contributed by atoms with E-state index in [0.717, 1.165) is 67.1 Å². The summed E-state index contributed by atoms with van der Waals surface area (Å²) in [4.78, 5) is 17.1. The van der Waals surface area contributed by atoms with Crippen molar-refractivity contribution in [3.05, 3.63) is 124 Å². The molecule has 5 heteroatoms. The van der Waals surface area contributed by atoms with Crippen LogP contribution in [0.4, 0.5) is 0 Å². The molecule has 0 saturated heterocycles. The predicted octanol–water partition coefficient (Wildman–Crippen LogP) is 7.16. The standard InChI is InChI=1S/C36H27N5/c1-23-28-11-15-32(37-28)27(10-9-25-19-21-41(3)22-20-25)33-16-12-29(38-33)24(2)31-14-18-35(40-31)36(26-7-5-4-6-8-26)34-17-13-30(23)39-34/h4-8,11-22H,1-3H3,(H,37,38,39,40)/p+1/i4D,7D,8D. The quantitative estimate of drug-likeness (QED) is 0.174. The lowest BCUT2D eigenvalue weighted by Gasteiger charge is -2.03. The number of fused-ring (bicyclic) bond motifs is 8. The summed E-state index contributed by atoms with van der Waals surface area (Å²) < 4.78 is 27.4. The summed E-state index contributed by atoms with van der Waals surface area (Å²) >= 11 is 0. The van der Waals surface area contributed by atoms with Crippen molar-refractivity contribution in [1.29, 1.82) is 0 Å². The Kier molecular flexibility index (Phi) is 5.17. The molecular weight excluding hydrogens is 502 g/mol. The Morgan fingerprint density at radius 3 is 1.76 bits per heavy atom. The third-order valence-electron chi connectivity index (χ3n) is 7.44. The molecule has 6 heterocycles. The van der Waals surface area contributed by atoms with Crippen LogP contribution < -0.4 is 4.57 Å². The highest BCUT2D eigenvalue weighted by atomic mass is 14.9. The molecule has 2 aliphatic heterocycles. The first-order valence-corrected chi connectivity index (χ1v) is 13.4. The van der Waals surface area contributed by atoms with Crippen LogP contribution in [0.2, 0.25) is 0 Å². The number of hydrogen-bond acceptors (Lipinski definition) is 2. The van der Waals surface area contributed by atoms with E-state index < -0.39 is 0 Å². The maximum absolute atomic E-state index is 8.71. The second kappa shape index (κ2) is 9.93. The highest BCUT2D eigenvalue weighted by molar-refractivity contribution is 5.94. The van der Waals surface area contributed by atoms with E-state index in [9.17, 15) is 0 Å². The summed E-state index contributed by atoms with van der Waals surface area (Å²) in [5.74, 6) is 6.66. The molecule has 8 bridgehead atoms. The average molecular weight is 534 g/mol. The molecule has 0 amide bonds. The molecule has 5 nitrogen and oxygen atoms in total. The van der Waals surface area contributed by atoms with E-state index >= 15 is 0 Å². The molecule has 0 atom stereocenters. The highest BCUT2D eigenvalue weighted by Gasteiger charge is 2.14. The van der Waals surface area contributed by atoms with Gasteiger partial charge in [-0.25, -0.2) is 14.5 Å². The monoisotopic (exact) mass is 533 g/mol. The van der Waals surface area contributed by atoms with E-state index in [4.69, 9.17) is 14.1 Å². The zero-order valence-electron chi connectivity index (χ0n) is 25.9. The molecule has 0 unspecified atom stereocenters. The number of nitrogens with one attached hydrogen (secondary N) is 2. The lowest BCUT2D eigenvalue weighted by Crippen LogP contribution is -2.25. The topological polar surface area (TPSA) is 61.2 Å². The molecule has 7 rings (SSSR count). The van der Waals surface area contributed by atoms with Gasteiger partial charge in [0.15, 0.2) is 12.4 Å². The number of rotatable bonds is 1. The van der Waals surface area contributed by atoms with Crippen LogP contribution in [0.1, 0.15) is 49.1 Å². The molecule has 2 N–H and O–H groups in total. The Labute approximate surface area is 242 Å². The van der Waals surface area contributed by atoms with E-state index in [1.54, 1.807) is 0 Å². The molecule has 0 saturated carbocycles. The smallest absolute Gasteiger partial charge is 0.169 e. The number of benzene rings is 1. The molecule has 0 fully saturated rings. The summed E-state index contributed by atoms with van der Waals surface area (Å²) in [7, 11) is 1.98. The summed E-state index contributed by atoms with van der Waals surface area (Å²) in [5.41, 5.74) is 11.1. The van der Waals surface area contributed by atoms with Crippen LogP contribution in [0.3, 0.4) is 0 Å². The van der Waals surface area contributed by atoms with E-state index in [-0.39, 0.29) is 18.1 Å². The van der Waals surface area contributed by atoms with Gasteiger partial charge in [0.2, 0.25) is 0 Å². The molecule has 0 spiro atoms. The average Bonchev–Trinajstić information content (AvgIpc) is 3.82. The Morgan fingerprint density at radius 2 is 1.20 bits per heavy atom.